The molecule has 0 saturated heterocycles. The standard InChI is InChI=1S/C14H27N3O10/c1-24-26-10-17(11-27-25-2)6-4-15(7-12(18)19)3-5-16(8-13(20)21)9-14(22)23/h3-11H2,1-2H3,(H,18,19)(H,20,21)(H,22,23). The van der Waals surface area contributed by atoms with Crippen LogP contribution in [0.5, 0.6) is 0 Å². The van der Waals surface area contributed by atoms with Crippen molar-refractivity contribution in [3.63, 3.8) is 0 Å². The second-order valence-corrected chi connectivity index (χ2v) is 5.39. The van der Waals surface area contributed by atoms with Gasteiger partial charge in [-0.25, -0.2) is 19.6 Å². The molecule has 0 aromatic heterocycles. The van der Waals surface area contributed by atoms with Gasteiger partial charge in [-0.3, -0.25) is 29.1 Å². The van der Waals surface area contributed by atoms with Gasteiger partial charge in [0.05, 0.1) is 33.9 Å². The molecule has 13 nitrogen and oxygen atoms in total. The maximum Gasteiger partial charge on any atom is 0.317 e. The highest BCUT2D eigenvalue weighted by atomic mass is 17.2. The molecule has 0 aliphatic heterocycles. The zero-order chi connectivity index (χ0) is 20.7. The van der Waals surface area contributed by atoms with Crippen LogP contribution in [0.4, 0.5) is 0 Å². The molecule has 0 atom stereocenters. The lowest BCUT2D eigenvalue weighted by molar-refractivity contribution is -0.334. The first-order chi connectivity index (χ1) is 12.8. The molecule has 0 spiro atoms. The fraction of sp³-hybridized carbons (Fsp3) is 0.786. The highest BCUT2D eigenvalue weighted by molar-refractivity contribution is 5.72. The lowest BCUT2D eigenvalue weighted by Gasteiger charge is -2.27. The molecule has 0 saturated carbocycles. The summed E-state index contributed by atoms with van der Waals surface area (Å²) in [6, 6.07) is 0. The molecule has 27 heavy (non-hydrogen) atoms. The van der Waals surface area contributed by atoms with Crippen molar-refractivity contribution < 1.29 is 49.3 Å². The molecular weight excluding hydrogens is 370 g/mol. The van der Waals surface area contributed by atoms with E-state index < -0.39 is 31.0 Å². The lowest BCUT2D eigenvalue weighted by atomic mass is 10.3. The molecule has 0 aromatic rings. The summed E-state index contributed by atoms with van der Waals surface area (Å²) in [5, 5.41) is 26.7. The minimum atomic E-state index is -1.17. The van der Waals surface area contributed by atoms with Crippen molar-refractivity contribution in [2.24, 2.45) is 0 Å². The average molecular weight is 397 g/mol. The lowest BCUT2D eigenvalue weighted by Crippen LogP contribution is -2.44. The van der Waals surface area contributed by atoms with Crippen molar-refractivity contribution in [2.75, 3.05) is 73.5 Å². The highest BCUT2D eigenvalue weighted by Crippen LogP contribution is 1.98. The van der Waals surface area contributed by atoms with Gasteiger partial charge in [0.25, 0.3) is 0 Å². The highest BCUT2D eigenvalue weighted by Gasteiger charge is 2.17. The molecule has 158 valence electrons. The Bertz CT molecular complexity index is 427. The van der Waals surface area contributed by atoms with Gasteiger partial charge >= 0.3 is 17.9 Å². The molecule has 0 aliphatic rings. The second kappa shape index (κ2) is 15.2. The third-order valence-corrected chi connectivity index (χ3v) is 3.25. The van der Waals surface area contributed by atoms with Crippen molar-refractivity contribution >= 4 is 17.9 Å². The molecule has 0 rings (SSSR count). The predicted molar refractivity (Wildman–Crippen MR) is 88.4 cm³/mol. The van der Waals surface area contributed by atoms with Crippen LogP contribution in [0.2, 0.25) is 0 Å². The van der Waals surface area contributed by atoms with Crippen molar-refractivity contribution in [2.45, 2.75) is 0 Å². The van der Waals surface area contributed by atoms with Crippen LogP contribution in [-0.4, -0.2) is 121 Å². The Morgan fingerprint density at radius 3 is 1.33 bits per heavy atom. The van der Waals surface area contributed by atoms with Gasteiger partial charge in [-0.1, -0.05) is 0 Å². The number of aliphatic carboxylic acids is 3. The molecule has 13 heteroatoms. The van der Waals surface area contributed by atoms with Crippen molar-refractivity contribution in [1.82, 2.24) is 14.7 Å². The zero-order valence-electron chi connectivity index (χ0n) is 15.4. The molecule has 0 bridgehead atoms. The summed E-state index contributed by atoms with van der Waals surface area (Å²) in [6.45, 7) is -0.260. The number of hydrogen-bond donors (Lipinski definition) is 3. The number of hydrogen-bond acceptors (Lipinski definition) is 10. The van der Waals surface area contributed by atoms with Crippen LogP contribution in [0.3, 0.4) is 0 Å². The van der Waals surface area contributed by atoms with E-state index in [9.17, 15) is 14.4 Å². The van der Waals surface area contributed by atoms with Crippen LogP contribution in [-0.2, 0) is 33.9 Å². The SMILES string of the molecule is COOCN(CCN(CCN(CC(=O)O)CC(=O)O)CC(=O)O)COOC. The fourth-order valence-electron chi connectivity index (χ4n) is 2.04. The Morgan fingerprint density at radius 2 is 0.963 bits per heavy atom. The van der Waals surface area contributed by atoms with Gasteiger partial charge in [0.2, 0.25) is 0 Å². The molecular formula is C14H27N3O10. The van der Waals surface area contributed by atoms with E-state index >= 15 is 0 Å². The summed E-state index contributed by atoms with van der Waals surface area (Å²) in [5.41, 5.74) is 0. The molecule has 0 radical (unpaired) electrons. The van der Waals surface area contributed by atoms with E-state index in [2.05, 4.69) is 9.78 Å². The normalized spacial score (nSPS) is 11.4. The molecule has 0 unspecified atom stereocenters. The molecule has 3 N–H and O–H groups in total. The second-order valence-electron chi connectivity index (χ2n) is 5.39. The monoisotopic (exact) mass is 397 g/mol. The van der Waals surface area contributed by atoms with Gasteiger partial charge in [-0.15, -0.1) is 0 Å². The summed E-state index contributed by atoms with van der Waals surface area (Å²) < 4.78 is 0. The van der Waals surface area contributed by atoms with Crippen LogP contribution in [0.25, 0.3) is 0 Å². The third kappa shape index (κ3) is 14.9. The van der Waals surface area contributed by atoms with Crippen LogP contribution in [0.1, 0.15) is 0 Å². The van der Waals surface area contributed by atoms with Crippen LogP contribution >= 0.6 is 0 Å². The Labute approximate surface area is 156 Å². The van der Waals surface area contributed by atoms with Crippen LogP contribution < -0.4 is 0 Å². The summed E-state index contributed by atoms with van der Waals surface area (Å²) in [5.74, 6) is -3.40. The zero-order valence-corrected chi connectivity index (χ0v) is 15.4. The number of carboxylic acid groups (broad SMARTS) is 3. The maximum atomic E-state index is 11.1. The summed E-state index contributed by atoms with van der Waals surface area (Å²) in [7, 11) is 2.68. The molecule has 0 fully saturated rings. The van der Waals surface area contributed by atoms with E-state index in [4.69, 9.17) is 25.1 Å². The van der Waals surface area contributed by atoms with Gasteiger partial charge in [-0.2, -0.15) is 0 Å². The molecule has 0 amide bonds. The third-order valence-electron chi connectivity index (χ3n) is 3.25. The van der Waals surface area contributed by atoms with Gasteiger partial charge in [0, 0.05) is 26.2 Å². The molecule has 0 heterocycles. The Hall–Kier alpha value is -1.87. The van der Waals surface area contributed by atoms with E-state index in [1.807, 2.05) is 0 Å². The molecule has 0 aromatic carbocycles. The van der Waals surface area contributed by atoms with Gasteiger partial charge in [-0.05, 0) is 0 Å². The topological polar surface area (TPSA) is 159 Å². The summed E-state index contributed by atoms with van der Waals surface area (Å²) in [4.78, 5) is 55.7. The predicted octanol–water partition coefficient (Wildman–Crippen LogP) is -1.78. The Balaban J connectivity index is 4.70. The summed E-state index contributed by atoms with van der Waals surface area (Å²) in [6.07, 6.45) is 0. The van der Waals surface area contributed by atoms with E-state index in [1.165, 1.54) is 19.1 Å². The van der Waals surface area contributed by atoms with Gasteiger partial charge < -0.3 is 15.3 Å². The largest absolute Gasteiger partial charge is 0.480 e. The fourth-order valence-corrected chi connectivity index (χ4v) is 2.04. The maximum absolute atomic E-state index is 11.1. The van der Waals surface area contributed by atoms with Crippen LogP contribution in [0.15, 0.2) is 0 Å². The Kier molecular flexibility index (Phi) is 14.2. The smallest absolute Gasteiger partial charge is 0.317 e. The number of nitrogens with zero attached hydrogens (tertiary/aromatic N) is 3. The van der Waals surface area contributed by atoms with E-state index in [1.54, 1.807) is 9.80 Å². The minimum absolute atomic E-state index is 0.0466. The molecule has 0 aliphatic carbocycles. The number of carbonyl (C=O) groups is 3. The van der Waals surface area contributed by atoms with Crippen molar-refractivity contribution in [3.8, 4) is 0 Å². The Morgan fingerprint density at radius 1 is 0.630 bits per heavy atom. The van der Waals surface area contributed by atoms with E-state index in [0.717, 1.165) is 0 Å². The van der Waals surface area contributed by atoms with Crippen LogP contribution in [0, 0.1) is 0 Å². The number of rotatable bonds is 18. The van der Waals surface area contributed by atoms with E-state index in [-0.39, 0.29) is 39.6 Å². The minimum Gasteiger partial charge on any atom is -0.480 e. The first-order valence-corrected chi connectivity index (χ1v) is 7.92. The average Bonchev–Trinajstić information content (AvgIpc) is 2.56. The summed E-state index contributed by atoms with van der Waals surface area (Å²) >= 11 is 0. The van der Waals surface area contributed by atoms with Crippen molar-refractivity contribution in [3.05, 3.63) is 0 Å². The van der Waals surface area contributed by atoms with E-state index in [0.29, 0.717) is 6.54 Å². The first-order valence-electron chi connectivity index (χ1n) is 7.92. The van der Waals surface area contributed by atoms with Gasteiger partial charge in [0.15, 0.2) is 0 Å². The quantitative estimate of drug-likeness (QED) is 0.135. The first kappa shape index (κ1) is 25.1. The van der Waals surface area contributed by atoms with Crippen molar-refractivity contribution in [1.29, 1.82) is 0 Å². The number of carboxylic acids is 3. The van der Waals surface area contributed by atoms with Gasteiger partial charge in [0.1, 0.15) is 13.5 Å².